The summed E-state index contributed by atoms with van der Waals surface area (Å²) in [6.45, 7) is 5.22. The largest absolute Gasteiger partial charge is 0.369 e. The van der Waals surface area contributed by atoms with Crippen LogP contribution >= 0.6 is 0 Å². The number of morpholine rings is 1. The van der Waals surface area contributed by atoms with E-state index < -0.39 is 5.91 Å². The van der Waals surface area contributed by atoms with Gasteiger partial charge in [-0.25, -0.2) is 9.97 Å². The second kappa shape index (κ2) is 9.46. The number of amides is 1. The van der Waals surface area contributed by atoms with E-state index in [1.165, 1.54) is 11.1 Å². The van der Waals surface area contributed by atoms with E-state index in [0.717, 1.165) is 36.5 Å². The number of carbonyl (C=O) groups is 1. The number of anilines is 1. The number of nitrogens with two attached hydrogens (primary N) is 1. The minimum absolute atomic E-state index is 0.207. The molecule has 0 unspecified atom stereocenters. The average Bonchev–Trinajstić information content (AvgIpc) is 2.80. The monoisotopic (exact) mass is 431 g/mol. The number of primary amides is 1. The van der Waals surface area contributed by atoms with E-state index in [1.807, 2.05) is 31.1 Å². The summed E-state index contributed by atoms with van der Waals surface area (Å²) in [7, 11) is 3.83. The van der Waals surface area contributed by atoms with Crippen LogP contribution in [0.25, 0.3) is 11.1 Å². The van der Waals surface area contributed by atoms with Crippen LogP contribution in [0.15, 0.2) is 54.7 Å². The summed E-state index contributed by atoms with van der Waals surface area (Å²) in [5.74, 6) is 0.159. The number of aromatic nitrogens is 2. The summed E-state index contributed by atoms with van der Waals surface area (Å²) in [5, 5.41) is 0. The number of aryl methyl sites for hydroxylation is 1. The highest BCUT2D eigenvalue weighted by molar-refractivity contribution is 5.94. The molecule has 4 rings (SSSR count). The molecule has 1 aromatic heterocycles. The fourth-order valence-electron chi connectivity index (χ4n) is 3.95. The Labute approximate surface area is 188 Å². The van der Waals surface area contributed by atoms with Crippen LogP contribution in [0.4, 0.5) is 5.95 Å². The molecule has 32 heavy (non-hydrogen) atoms. The summed E-state index contributed by atoms with van der Waals surface area (Å²) in [6.07, 6.45) is 1.60. The van der Waals surface area contributed by atoms with E-state index in [4.69, 9.17) is 15.5 Å². The SMILES string of the molecule is Cc1ccccc1CN1CCO[C@@H](c2nc(N(C)C)ncc2-c2cccc(C(N)=O)c2)C1. The predicted molar refractivity (Wildman–Crippen MR) is 125 cm³/mol. The number of hydrogen-bond donors (Lipinski definition) is 1. The molecule has 0 radical (unpaired) electrons. The Morgan fingerprint density at radius 3 is 2.78 bits per heavy atom. The summed E-state index contributed by atoms with van der Waals surface area (Å²) in [4.78, 5) is 25.4. The molecule has 0 bridgehead atoms. The lowest BCUT2D eigenvalue weighted by atomic mass is 9.99. The van der Waals surface area contributed by atoms with E-state index in [0.29, 0.717) is 18.1 Å². The van der Waals surface area contributed by atoms with Gasteiger partial charge in [0.15, 0.2) is 0 Å². The maximum atomic E-state index is 11.7. The average molecular weight is 432 g/mol. The molecule has 0 aliphatic carbocycles. The summed E-state index contributed by atoms with van der Waals surface area (Å²) in [5.41, 5.74) is 11.1. The number of carbonyl (C=O) groups excluding carboxylic acids is 1. The first-order valence-corrected chi connectivity index (χ1v) is 10.8. The smallest absolute Gasteiger partial charge is 0.248 e. The van der Waals surface area contributed by atoms with Crippen LogP contribution in [0, 0.1) is 6.92 Å². The van der Waals surface area contributed by atoms with E-state index in [9.17, 15) is 4.79 Å². The molecule has 3 aromatic rings. The van der Waals surface area contributed by atoms with Gasteiger partial charge in [0.2, 0.25) is 11.9 Å². The molecule has 1 aliphatic heterocycles. The molecule has 7 heteroatoms. The molecule has 2 heterocycles. The Bertz CT molecular complexity index is 1110. The van der Waals surface area contributed by atoms with Crippen LogP contribution in [-0.2, 0) is 11.3 Å². The molecule has 1 saturated heterocycles. The van der Waals surface area contributed by atoms with Gasteiger partial charge in [0.1, 0.15) is 6.10 Å². The van der Waals surface area contributed by atoms with Crippen LogP contribution in [0.3, 0.4) is 0 Å². The Balaban J connectivity index is 1.68. The maximum Gasteiger partial charge on any atom is 0.248 e. The molecule has 7 nitrogen and oxygen atoms in total. The Morgan fingerprint density at radius 2 is 2.03 bits per heavy atom. The molecule has 1 aliphatic rings. The van der Waals surface area contributed by atoms with Gasteiger partial charge in [-0.2, -0.15) is 0 Å². The third kappa shape index (κ3) is 4.79. The summed E-state index contributed by atoms with van der Waals surface area (Å²) in [6, 6.07) is 15.7. The van der Waals surface area contributed by atoms with Gasteiger partial charge in [-0.3, -0.25) is 9.69 Å². The molecule has 2 N–H and O–H groups in total. The first-order valence-electron chi connectivity index (χ1n) is 10.8. The van der Waals surface area contributed by atoms with Gasteiger partial charge in [-0.1, -0.05) is 36.4 Å². The topological polar surface area (TPSA) is 84.6 Å². The predicted octanol–water partition coefficient (Wildman–Crippen LogP) is 3.19. The highest BCUT2D eigenvalue weighted by Crippen LogP contribution is 2.32. The van der Waals surface area contributed by atoms with Gasteiger partial charge in [-0.15, -0.1) is 0 Å². The van der Waals surface area contributed by atoms with Crippen molar-refractivity contribution in [3.63, 3.8) is 0 Å². The van der Waals surface area contributed by atoms with Crippen molar-refractivity contribution in [2.75, 3.05) is 38.7 Å². The second-order valence-corrected chi connectivity index (χ2v) is 8.33. The van der Waals surface area contributed by atoms with Gasteiger partial charge in [0, 0.05) is 51.1 Å². The zero-order valence-electron chi connectivity index (χ0n) is 18.8. The molecule has 1 fully saturated rings. The van der Waals surface area contributed by atoms with Crippen molar-refractivity contribution < 1.29 is 9.53 Å². The molecule has 0 saturated carbocycles. The van der Waals surface area contributed by atoms with Crippen molar-refractivity contribution in [3.05, 3.63) is 77.1 Å². The third-order valence-electron chi connectivity index (χ3n) is 5.77. The van der Waals surface area contributed by atoms with Crippen molar-refractivity contribution in [1.82, 2.24) is 14.9 Å². The minimum Gasteiger partial charge on any atom is -0.369 e. The van der Waals surface area contributed by atoms with Gasteiger partial charge in [0.05, 0.1) is 12.3 Å². The number of nitrogens with zero attached hydrogens (tertiary/aromatic N) is 4. The molecule has 0 spiro atoms. The highest BCUT2D eigenvalue weighted by atomic mass is 16.5. The summed E-state index contributed by atoms with van der Waals surface area (Å²) < 4.78 is 6.19. The first kappa shape index (κ1) is 21.9. The van der Waals surface area contributed by atoms with Gasteiger partial charge < -0.3 is 15.4 Å². The molecular weight excluding hydrogens is 402 g/mol. The quantitative estimate of drug-likeness (QED) is 0.645. The van der Waals surface area contributed by atoms with E-state index in [2.05, 4.69) is 41.1 Å². The van der Waals surface area contributed by atoms with E-state index in [1.54, 1.807) is 18.3 Å². The maximum absolute atomic E-state index is 11.7. The standard InChI is InChI=1S/C25H29N5O2/c1-17-7-4-5-8-20(17)15-30-11-12-32-22(16-30)23-21(14-27-25(28-23)29(2)3)18-9-6-10-19(13-18)24(26)31/h4-10,13-14,22H,11-12,15-16H2,1-3H3,(H2,26,31)/t22-/m1/s1. The first-order chi connectivity index (χ1) is 15.4. The van der Waals surface area contributed by atoms with Crippen LogP contribution in [-0.4, -0.2) is 54.6 Å². The van der Waals surface area contributed by atoms with Gasteiger partial charge >= 0.3 is 0 Å². The van der Waals surface area contributed by atoms with Crippen LogP contribution in [0.1, 0.15) is 33.3 Å². The second-order valence-electron chi connectivity index (χ2n) is 8.33. The molecule has 1 amide bonds. The van der Waals surface area contributed by atoms with Crippen molar-refractivity contribution >= 4 is 11.9 Å². The third-order valence-corrected chi connectivity index (χ3v) is 5.77. The molecule has 166 valence electrons. The van der Waals surface area contributed by atoms with Crippen LogP contribution in [0.2, 0.25) is 0 Å². The molecule has 2 aromatic carbocycles. The lowest BCUT2D eigenvalue weighted by Gasteiger charge is -2.34. The van der Waals surface area contributed by atoms with Crippen molar-refractivity contribution in [1.29, 1.82) is 0 Å². The number of benzene rings is 2. The van der Waals surface area contributed by atoms with Gasteiger partial charge in [-0.05, 0) is 35.7 Å². The zero-order chi connectivity index (χ0) is 22.7. The Morgan fingerprint density at radius 1 is 1.22 bits per heavy atom. The lowest BCUT2D eigenvalue weighted by molar-refractivity contribution is -0.0347. The number of rotatable bonds is 6. The van der Waals surface area contributed by atoms with Crippen molar-refractivity contribution in [2.24, 2.45) is 5.73 Å². The van der Waals surface area contributed by atoms with E-state index in [-0.39, 0.29) is 6.10 Å². The number of ether oxygens (including phenoxy) is 1. The fraction of sp³-hybridized carbons (Fsp3) is 0.320. The fourth-order valence-corrected chi connectivity index (χ4v) is 3.95. The van der Waals surface area contributed by atoms with Crippen molar-refractivity contribution in [2.45, 2.75) is 19.6 Å². The van der Waals surface area contributed by atoms with E-state index >= 15 is 0 Å². The zero-order valence-corrected chi connectivity index (χ0v) is 18.8. The summed E-state index contributed by atoms with van der Waals surface area (Å²) >= 11 is 0. The Kier molecular flexibility index (Phi) is 6.48. The molecule has 1 atom stereocenters. The normalized spacial score (nSPS) is 16.7. The van der Waals surface area contributed by atoms with Crippen LogP contribution < -0.4 is 10.6 Å². The highest BCUT2D eigenvalue weighted by Gasteiger charge is 2.27. The minimum atomic E-state index is -0.461. The van der Waals surface area contributed by atoms with Gasteiger partial charge in [0.25, 0.3) is 0 Å². The molecular formula is C25H29N5O2. The lowest BCUT2D eigenvalue weighted by Crippen LogP contribution is -2.38. The van der Waals surface area contributed by atoms with Crippen LogP contribution in [0.5, 0.6) is 0 Å². The Hall–Kier alpha value is -3.29. The number of hydrogen-bond acceptors (Lipinski definition) is 6. The van der Waals surface area contributed by atoms with Crippen molar-refractivity contribution in [3.8, 4) is 11.1 Å².